The number of aromatic nitrogens is 2. The Morgan fingerprint density at radius 2 is 1.81 bits per heavy atom. The summed E-state index contributed by atoms with van der Waals surface area (Å²) in [5.41, 5.74) is 2.90. The highest BCUT2D eigenvalue weighted by atomic mass is 32.2. The van der Waals surface area contributed by atoms with Crippen LogP contribution in [0.15, 0.2) is 92.6 Å². The molecule has 0 fully saturated rings. The third kappa shape index (κ3) is 6.04. The maximum absolute atomic E-state index is 13.3. The van der Waals surface area contributed by atoms with Crippen LogP contribution in [0.25, 0.3) is 16.3 Å². The first-order valence-electron chi connectivity index (χ1n) is 10.2. The van der Waals surface area contributed by atoms with Crippen molar-refractivity contribution < 1.29 is 21.6 Å². The number of thiophene rings is 1. The Balaban J connectivity index is 1.59. The van der Waals surface area contributed by atoms with Gasteiger partial charge in [-0.05, 0) is 53.6 Å². The van der Waals surface area contributed by atoms with Crippen LogP contribution in [0.1, 0.15) is 11.3 Å². The van der Waals surface area contributed by atoms with E-state index >= 15 is 0 Å². The Morgan fingerprint density at radius 1 is 1.08 bits per heavy atom. The molecule has 0 unspecified atom stereocenters. The highest BCUT2D eigenvalue weighted by molar-refractivity contribution is 8.13. The van der Waals surface area contributed by atoms with Crippen LogP contribution in [-0.4, -0.2) is 35.8 Å². The molecule has 0 saturated carbocycles. The Morgan fingerprint density at radius 3 is 2.42 bits per heavy atom. The largest absolute Gasteiger partial charge is 0.435 e. The predicted molar refractivity (Wildman–Crippen MR) is 137 cm³/mol. The molecule has 4 aromatic rings. The van der Waals surface area contributed by atoms with Gasteiger partial charge in [0.05, 0.1) is 27.4 Å². The van der Waals surface area contributed by atoms with Crippen LogP contribution < -0.4 is 5.43 Å². The molecule has 0 bridgehead atoms. The Bertz CT molecular complexity index is 1480. The molecule has 0 aliphatic rings. The zero-order chi connectivity index (χ0) is 25.8. The van der Waals surface area contributed by atoms with E-state index in [1.165, 1.54) is 41.8 Å². The van der Waals surface area contributed by atoms with Crippen LogP contribution in [0.3, 0.4) is 0 Å². The lowest BCUT2D eigenvalue weighted by Gasteiger charge is -2.08. The Hall–Kier alpha value is -3.42. The first kappa shape index (κ1) is 25.7. The smallest absolute Gasteiger partial charge is 0.255 e. The number of hydrogen-bond acceptors (Lipinski definition) is 6. The lowest BCUT2D eigenvalue weighted by molar-refractivity contribution is -0.141. The number of thioether (sulfide) groups is 1. The maximum Gasteiger partial charge on any atom is 0.435 e. The lowest BCUT2D eigenvalue weighted by Crippen LogP contribution is -2.16. The molecule has 36 heavy (non-hydrogen) atoms. The van der Waals surface area contributed by atoms with Gasteiger partial charge in [0.2, 0.25) is 0 Å². The van der Waals surface area contributed by atoms with Crippen molar-refractivity contribution >= 4 is 44.5 Å². The lowest BCUT2D eigenvalue weighted by atomic mass is 10.2. The van der Waals surface area contributed by atoms with Gasteiger partial charge in [0.1, 0.15) is 0 Å². The quantitative estimate of drug-likeness (QED) is 0.191. The van der Waals surface area contributed by atoms with Crippen molar-refractivity contribution in [2.75, 3.05) is 6.26 Å². The molecule has 0 amide bonds. The van der Waals surface area contributed by atoms with Crippen molar-refractivity contribution in [3.8, 4) is 16.3 Å². The molecule has 0 aliphatic carbocycles. The van der Waals surface area contributed by atoms with Crippen LogP contribution in [0, 0.1) is 0 Å². The van der Waals surface area contributed by atoms with Crippen LogP contribution in [0.2, 0.25) is 0 Å². The summed E-state index contributed by atoms with van der Waals surface area (Å²) in [6.45, 7) is 0. The molecule has 7 nitrogen and oxygen atoms in total. The van der Waals surface area contributed by atoms with Crippen molar-refractivity contribution in [2.24, 2.45) is 9.50 Å². The molecule has 186 valence electrons. The summed E-state index contributed by atoms with van der Waals surface area (Å²) < 4.78 is 70.5. The highest BCUT2D eigenvalue weighted by Gasteiger charge is 2.35. The third-order valence-electron chi connectivity index (χ3n) is 4.72. The summed E-state index contributed by atoms with van der Waals surface area (Å²) in [5, 5.41) is 9.51. The number of rotatable bonds is 6. The summed E-state index contributed by atoms with van der Waals surface area (Å²) in [7, 11) is -4.11. The average molecular weight is 550 g/mol. The highest BCUT2D eigenvalue weighted by Crippen LogP contribution is 2.34. The van der Waals surface area contributed by atoms with Gasteiger partial charge in [0, 0.05) is 0 Å². The SMILES string of the molecule is CS/C(=N\S(=O)(=O)c1ccc(-n2nc(C(F)(F)F)cc2-c2cccs2)cc1)N/N=C/c1ccccc1. The molecule has 2 heterocycles. The number of sulfonamides is 1. The van der Waals surface area contributed by atoms with Gasteiger partial charge in [-0.2, -0.15) is 31.8 Å². The van der Waals surface area contributed by atoms with Gasteiger partial charge in [-0.1, -0.05) is 48.2 Å². The van der Waals surface area contributed by atoms with E-state index in [9.17, 15) is 21.6 Å². The monoisotopic (exact) mass is 549 g/mol. The molecular weight excluding hydrogens is 531 g/mol. The Kier molecular flexibility index (Phi) is 7.62. The fraction of sp³-hybridized carbons (Fsp3) is 0.0870. The van der Waals surface area contributed by atoms with Gasteiger partial charge in [0.15, 0.2) is 10.9 Å². The van der Waals surface area contributed by atoms with E-state index in [4.69, 9.17) is 0 Å². The number of benzene rings is 2. The molecule has 0 spiro atoms. The van der Waals surface area contributed by atoms with E-state index < -0.39 is 21.9 Å². The molecule has 2 aromatic carbocycles. The summed E-state index contributed by atoms with van der Waals surface area (Å²) in [4.78, 5) is 0.457. The standard InChI is InChI=1S/C23H18F3N5O2S3/c1-34-22(28-27-15-16-6-3-2-4-7-16)30-36(32,33)18-11-9-17(10-12-18)31-19(20-8-5-13-35-20)14-21(29-31)23(24,25)26/h2-15H,1H3,(H,28,30)/b27-15+. The second kappa shape index (κ2) is 10.7. The number of nitrogens with zero attached hydrogens (tertiary/aromatic N) is 4. The summed E-state index contributed by atoms with van der Waals surface area (Å²) in [6.07, 6.45) is -1.46. The van der Waals surface area contributed by atoms with Crippen molar-refractivity contribution in [2.45, 2.75) is 11.1 Å². The normalized spacial score (nSPS) is 12.8. The minimum Gasteiger partial charge on any atom is -0.255 e. The molecule has 0 radical (unpaired) electrons. The van der Waals surface area contributed by atoms with Crippen LogP contribution in [-0.2, 0) is 16.2 Å². The minimum atomic E-state index is -4.63. The van der Waals surface area contributed by atoms with Crippen molar-refractivity contribution in [3.05, 3.63) is 89.4 Å². The number of nitrogens with one attached hydrogen (secondary N) is 1. The van der Waals surface area contributed by atoms with Gasteiger partial charge in [0.25, 0.3) is 10.0 Å². The van der Waals surface area contributed by atoms with Gasteiger partial charge in [-0.3, -0.25) is 5.43 Å². The minimum absolute atomic E-state index is 0.0492. The summed E-state index contributed by atoms with van der Waals surface area (Å²) >= 11 is 2.33. The molecular formula is C23H18F3N5O2S3. The number of halogens is 3. The van der Waals surface area contributed by atoms with E-state index in [1.54, 1.807) is 23.8 Å². The van der Waals surface area contributed by atoms with E-state index in [1.807, 2.05) is 30.3 Å². The molecule has 1 N–H and O–H groups in total. The maximum atomic E-state index is 13.3. The average Bonchev–Trinajstić information content (AvgIpc) is 3.54. The van der Waals surface area contributed by atoms with Crippen molar-refractivity contribution in [3.63, 3.8) is 0 Å². The first-order valence-corrected chi connectivity index (χ1v) is 13.8. The van der Waals surface area contributed by atoms with Gasteiger partial charge in [-0.15, -0.1) is 15.7 Å². The molecule has 0 aliphatic heterocycles. The number of amidine groups is 1. The zero-order valence-electron chi connectivity index (χ0n) is 18.5. The van der Waals surface area contributed by atoms with Crippen molar-refractivity contribution in [1.29, 1.82) is 0 Å². The topological polar surface area (TPSA) is 88.7 Å². The Labute approximate surface area is 213 Å². The van der Waals surface area contributed by atoms with E-state index in [0.717, 1.165) is 28.1 Å². The third-order valence-corrected chi connectivity index (χ3v) is 7.59. The summed E-state index contributed by atoms with van der Waals surface area (Å²) in [5.74, 6) is 0. The molecule has 2 aromatic heterocycles. The zero-order valence-corrected chi connectivity index (χ0v) is 21.0. The first-order chi connectivity index (χ1) is 17.2. The second-order valence-electron chi connectivity index (χ2n) is 7.15. The fourth-order valence-electron chi connectivity index (χ4n) is 3.04. The number of hydrazone groups is 1. The predicted octanol–water partition coefficient (Wildman–Crippen LogP) is 5.65. The van der Waals surface area contributed by atoms with E-state index in [0.29, 0.717) is 4.88 Å². The van der Waals surface area contributed by atoms with E-state index in [-0.39, 0.29) is 21.4 Å². The second-order valence-corrected chi connectivity index (χ2v) is 10.5. The van der Waals surface area contributed by atoms with Crippen LogP contribution in [0.5, 0.6) is 0 Å². The number of hydrogen-bond donors (Lipinski definition) is 1. The molecule has 0 atom stereocenters. The van der Waals surface area contributed by atoms with E-state index in [2.05, 4.69) is 20.0 Å². The summed E-state index contributed by atoms with van der Waals surface area (Å²) in [6, 6.07) is 18.9. The fourth-order valence-corrected chi connectivity index (χ4v) is 5.35. The van der Waals surface area contributed by atoms with Gasteiger partial charge < -0.3 is 0 Å². The van der Waals surface area contributed by atoms with Gasteiger partial charge >= 0.3 is 6.18 Å². The van der Waals surface area contributed by atoms with Gasteiger partial charge in [-0.25, -0.2) is 4.68 Å². The van der Waals surface area contributed by atoms with Crippen LogP contribution >= 0.6 is 23.1 Å². The molecule has 4 rings (SSSR count). The number of alkyl halides is 3. The van der Waals surface area contributed by atoms with Crippen LogP contribution in [0.4, 0.5) is 13.2 Å². The molecule has 0 saturated heterocycles. The molecule has 13 heteroatoms. The van der Waals surface area contributed by atoms with Crippen molar-refractivity contribution in [1.82, 2.24) is 15.2 Å².